The van der Waals surface area contributed by atoms with E-state index in [9.17, 15) is 4.79 Å². The highest BCUT2D eigenvalue weighted by molar-refractivity contribution is 8.23. The van der Waals surface area contributed by atoms with Crippen molar-refractivity contribution in [1.29, 1.82) is 0 Å². The summed E-state index contributed by atoms with van der Waals surface area (Å²) in [5.74, 6) is -0.274. The number of hydrogen-bond donors (Lipinski definition) is 0. The SMILES string of the molecule is CCOC(=O)c1cc2c(s1)C1(CCn3ncc(Cl)c3-2)SC=CS1. The molecule has 0 aliphatic carbocycles. The summed E-state index contributed by atoms with van der Waals surface area (Å²) < 4.78 is 7.01. The molecule has 120 valence electrons. The lowest BCUT2D eigenvalue weighted by Gasteiger charge is -2.25. The molecule has 0 N–H and O–H groups in total. The lowest BCUT2D eigenvalue weighted by Crippen LogP contribution is -2.14. The van der Waals surface area contributed by atoms with Gasteiger partial charge in [0.25, 0.3) is 0 Å². The molecule has 0 fully saturated rings. The van der Waals surface area contributed by atoms with Gasteiger partial charge in [-0.2, -0.15) is 5.10 Å². The number of fused-ring (bicyclic) bond motifs is 4. The number of aromatic nitrogens is 2. The van der Waals surface area contributed by atoms with E-state index in [1.54, 1.807) is 29.7 Å². The smallest absolute Gasteiger partial charge is 0.348 e. The van der Waals surface area contributed by atoms with E-state index in [0.717, 1.165) is 24.2 Å². The molecule has 2 aliphatic rings. The van der Waals surface area contributed by atoms with Gasteiger partial charge in [0.1, 0.15) is 8.96 Å². The van der Waals surface area contributed by atoms with Crippen molar-refractivity contribution in [2.45, 2.75) is 24.0 Å². The fourth-order valence-corrected chi connectivity index (χ4v) is 6.98. The number of thiophene rings is 1. The summed E-state index contributed by atoms with van der Waals surface area (Å²) in [5, 5.41) is 9.25. The topological polar surface area (TPSA) is 44.1 Å². The molecule has 0 amide bonds. The van der Waals surface area contributed by atoms with E-state index in [1.807, 2.05) is 17.7 Å². The number of hydrogen-bond acceptors (Lipinski definition) is 6. The standard InChI is InChI=1S/C15H13ClN2O2S3/c1-2-20-14(19)11-7-9-12-10(16)8-17-18(12)4-3-15(13(9)23-11)21-5-6-22-15/h5-8H,2-4H2,1H3. The molecule has 0 unspecified atom stereocenters. The van der Waals surface area contributed by atoms with E-state index < -0.39 is 0 Å². The molecule has 8 heteroatoms. The molecule has 1 spiro atoms. The number of esters is 1. The van der Waals surface area contributed by atoms with Crippen LogP contribution in [0.3, 0.4) is 0 Å². The minimum absolute atomic E-state index is 0.102. The summed E-state index contributed by atoms with van der Waals surface area (Å²) in [6.07, 6.45) is 2.60. The van der Waals surface area contributed by atoms with Crippen LogP contribution in [0.4, 0.5) is 0 Å². The minimum atomic E-state index is -0.274. The minimum Gasteiger partial charge on any atom is -0.462 e. The third-order valence-electron chi connectivity index (χ3n) is 3.83. The molecule has 4 heterocycles. The third kappa shape index (κ3) is 2.45. The van der Waals surface area contributed by atoms with E-state index in [-0.39, 0.29) is 10.0 Å². The van der Waals surface area contributed by atoms with Crippen LogP contribution in [-0.4, -0.2) is 22.4 Å². The zero-order chi connectivity index (χ0) is 16.0. The molecule has 4 nitrogen and oxygen atoms in total. The quantitative estimate of drug-likeness (QED) is 0.685. The van der Waals surface area contributed by atoms with Gasteiger partial charge in [-0.3, -0.25) is 4.68 Å². The highest BCUT2D eigenvalue weighted by Crippen LogP contribution is 2.60. The zero-order valence-corrected chi connectivity index (χ0v) is 15.4. The van der Waals surface area contributed by atoms with Crippen LogP contribution in [0.2, 0.25) is 5.02 Å². The Morgan fingerprint density at radius 1 is 1.48 bits per heavy atom. The van der Waals surface area contributed by atoms with Crippen LogP contribution in [0.25, 0.3) is 11.3 Å². The molecular formula is C15H13ClN2O2S3. The molecule has 2 aliphatic heterocycles. The van der Waals surface area contributed by atoms with Gasteiger partial charge in [0.2, 0.25) is 0 Å². The third-order valence-corrected chi connectivity index (χ3v) is 8.51. The number of aryl methyl sites for hydroxylation is 1. The Kier molecular flexibility index (Phi) is 3.99. The Labute approximate surface area is 151 Å². The Morgan fingerprint density at radius 3 is 3.00 bits per heavy atom. The van der Waals surface area contributed by atoms with Gasteiger partial charge in [-0.05, 0) is 30.2 Å². The second kappa shape index (κ2) is 5.88. The first-order valence-electron chi connectivity index (χ1n) is 7.18. The maximum absolute atomic E-state index is 12.2. The van der Waals surface area contributed by atoms with Crippen molar-refractivity contribution in [3.63, 3.8) is 0 Å². The largest absolute Gasteiger partial charge is 0.462 e. The molecule has 0 atom stereocenters. The first-order chi connectivity index (χ1) is 11.1. The highest BCUT2D eigenvalue weighted by atomic mass is 35.5. The van der Waals surface area contributed by atoms with Crippen LogP contribution in [-0.2, 0) is 15.4 Å². The first kappa shape index (κ1) is 15.6. The number of carbonyl (C=O) groups excluding carboxylic acids is 1. The highest BCUT2D eigenvalue weighted by Gasteiger charge is 2.42. The van der Waals surface area contributed by atoms with Gasteiger partial charge in [-0.15, -0.1) is 34.9 Å². The molecule has 2 aromatic heterocycles. The van der Waals surface area contributed by atoms with Crippen LogP contribution in [0, 0.1) is 0 Å². The van der Waals surface area contributed by atoms with Crippen molar-refractivity contribution in [3.05, 3.63) is 37.9 Å². The Morgan fingerprint density at radius 2 is 2.26 bits per heavy atom. The van der Waals surface area contributed by atoms with Crippen molar-refractivity contribution in [2.75, 3.05) is 6.61 Å². The van der Waals surface area contributed by atoms with E-state index in [1.165, 1.54) is 16.2 Å². The molecule has 0 radical (unpaired) electrons. The molecule has 4 rings (SSSR count). The average Bonchev–Trinajstić information content (AvgIpc) is 3.22. The lowest BCUT2D eigenvalue weighted by atomic mass is 10.1. The number of nitrogens with zero attached hydrogens (tertiary/aromatic N) is 2. The zero-order valence-electron chi connectivity index (χ0n) is 12.2. The predicted molar refractivity (Wildman–Crippen MR) is 97.1 cm³/mol. The van der Waals surface area contributed by atoms with Gasteiger partial charge in [-0.25, -0.2) is 4.79 Å². The van der Waals surface area contributed by atoms with E-state index in [4.69, 9.17) is 16.3 Å². The molecule has 2 aromatic rings. The van der Waals surface area contributed by atoms with Crippen molar-refractivity contribution >= 4 is 52.4 Å². The van der Waals surface area contributed by atoms with Gasteiger partial charge in [0.15, 0.2) is 0 Å². The number of rotatable bonds is 2. The maximum Gasteiger partial charge on any atom is 0.348 e. The summed E-state index contributed by atoms with van der Waals surface area (Å²) >= 11 is 11.5. The first-order valence-corrected chi connectivity index (χ1v) is 10.1. The monoisotopic (exact) mass is 384 g/mol. The van der Waals surface area contributed by atoms with Gasteiger partial charge < -0.3 is 4.74 Å². The van der Waals surface area contributed by atoms with Gasteiger partial charge in [0.05, 0.1) is 23.5 Å². The Balaban J connectivity index is 1.90. The fourth-order valence-electron chi connectivity index (χ4n) is 2.85. The summed E-state index contributed by atoms with van der Waals surface area (Å²) in [4.78, 5) is 14.0. The normalized spacial score (nSPS) is 17.8. The van der Waals surface area contributed by atoms with E-state index in [2.05, 4.69) is 15.9 Å². The van der Waals surface area contributed by atoms with Gasteiger partial charge >= 0.3 is 5.97 Å². The van der Waals surface area contributed by atoms with E-state index in [0.29, 0.717) is 16.5 Å². The van der Waals surface area contributed by atoms with E-state index >= 15 is 0 Å². The summed E-state index contributed by atoms with van der Waals surface area (Å²) in [5.41, 5.74) is 1.90. The molecular weight excluding hydrogens is 372 g/mol. The fraction of sp³-hybridized carbons (Fsp3) is 0.333. The number of halogens is 1. The summed E-state index contributed by atoms with van der Waals surface area (Å²) in [7, 11) is 0. The molecule has 23 heavy (non-hydrogen) atoms. The molecule has 0 aromatic carbocycles. The van der Waals surface area contributed by atoms with Crippen LogP contribution in [0.5, 0.6) is 0 Å². The maximum atomic E-state index is 12.2. The predicted octanol–water partition coefficient (Wildman–Crippen LogP) is 4.95. The Hall–Kier alpha value is -0.890. The second-order valence-corrected chi connectivity index (χ2v) is 9.28. The molecule has 0 saturated carbocycles. The number of thioether (sulfide) groups is 2. The average molecular weight is 385 g/mol. The second-order valence-electron chi connectivity index (χ2n) is 5.15. The van der Waals surface area contributed by atoms with Crippen LogP contribution >= 0.6 is 46.5 Å². The number of carbonyl (C=O) groups is 1. The van der Waals surface area contributed by atoms with Crippen LogP contribution < -0.4 is 0 Å². The van der Waals surface area contributed by atoms with Crippen molar-refractivity contribution in [1.82, 2.24) is 9.78 Å². The summed E-state index contributed by atoms with van der Waals surface area (Å²) in [6.45, 7) is 2.99. The van der Waals surface area contributed by atoms with Crippen molar-refractivity contribution < 1.29 is 9.53 Å². The molecule has 0 saturated heterocycles. The van der Waals surface area contributed by atoms with Crippen molar-refractivity contribution in [2.24, 2.45) is 0 Å². The molecule has 0 bridgehead atoms. The lowest BCUT2D eigenvalue weighted by molar-refractivity contribution is 0.0532. The van der Waals surface area contributed by atoms with Crippen LogP contribution in [0.1, 0.15) is 27.9 Å². The van der Waals surface area contributed by atoms with Gasteiger partial charge in [-0.1, -0.05) is 11.6 Å². The van der Waals surface area contributed by atoms with Crippen molar-refractivity contribution in [3.8, 4) is 11.3 Å². The van der Waals surface area contributed by atoms with Crippen LogP contribution in [0.15, 0.2) is 23.1 Å². The number of ether oxygens (including phenoxy) is 1. The summed E-state index contributed by atoms with van der Waals surface area (Å²) in [6, 6.07) is 1.91. The Bertz CT molecular complexity index is 804. The van der Waals surface area contributed by atoms with Gasteiger partial charge in [0, 0.05) is 17.0 Å².